The minimum absolute atomic E-state index is 0.000735. The highest BCUT2D eigenvalue weighted by molar-refractivity contribution is 6.03. The van der Waals surface area contributed by atoms with Crippen molar-refractivity contribution in [2.24, 2.45) is 5.92 Å². The van der Waals surface area contributed by atoms with Crippen LogP contribution in [0.15, 0.2) is 24.5 Å². The molecule has 1 fully saturated rings. The molecule has 3 aromatic rings. The lowest BCUT2D eigenvalue weighted by atomic mass is 9.98. The lowest BCUT2D eigenvalue weighted by molar-refractivity contribution is -0.117. The summed E-state index contributed by atoms with van der Waals surface area (Å²) in [6.07, 6.45) is 3.53. The number of amides is 1. The molecule has 10 nitrogen and oxygen atoms in total. The topological polar surface area (TPSA) is 118 Å². The molecule has 0 bridgehead atoms. The molecule has 4 heterocycles. The van der Waals surface area contributed by atoms with Gasteiger partial charge in [0.2, 0.25) is 5.91 Å². The summed E-state index contributed by atoms with van der Waals surface area (Å²) in [5.74, 6) is -0.498. The maximum absolute atomic E-state index is 13.3. The van der Waals surface area contributed by atoms with Gasteiger partial charge in [0.05, 0.1) is 23.0 Å². The number of carbonyl (C=O) groups excluding carboxylic acids is 2. The van der Waals surface area contributed by atoms with Gasteiger partial charge >= 0.3 is 6.55 Å². The first-order valence-corrected chi connectivity index (χ1v) is 11.0. The molecule has 1 atom stereocenters. The fraction of sp³-hybridized carbons (Fsp3) is 0.391. The number of hydrogen-bond acceptors (Lipinski definition) is 8. The van der Waals surface area contributed by atoms with Crippen LogP contribution < -0.4 is 15.5 Å². The molecule has 0 unspecified atom stereocenters. The summed E-state index contributed by atoms with van der Waals surface area (Å²) >= 11 is 0. The number of rotatable bonds is 7. The van der Waals surface area contributed by atoms with Crippen LogP contribution in [0.1, 0.15) is 65.8 Å². The summed E-state index contributed by atoms with van der Waals surface area (Å²) in [5.41, 5.74) is 1.85. The quantitative estimate of drug-likeness (QED) is 0.475. The summed E-state index contributed by atoms with van der Waals surface area (Å²) in [6.45, 7) is -3.62. The molecule has 1 aliphatic carbocycles. The van der Waals surface area contributed by atoms with Gasteiger partial charge < -0.3 is 15.5 Å². The summed E-state index contributed by atoms with van der Waals surface area (Å²) in [7, 11) is 1.75. The third kappa shape index (κ3) is 4.08. The zero-order chi connectivity index (χ0) is 27.4. The SMILES string of the molecule is [2H]C([2H])([2H])CC(=O)c1cnc(NC(=O)C2CC2)cc1Nc1nccc2c1N(C)[C@H](C)c1nn(C(F)F)nc1-2. The van der Waals surface area contributed by atoms with Crippen LogP contribution in [0, 0.1) is 5.92 Å². The van der Waals surface area contributed by atoms with Gasteiger partial charge in [0.25, 0.3) is 0 Å². The zero-order valence-electron chi connectivity index (χ0n) is 21.9. The van der Waals surface area contributed by atoms with E-state index in [1.165, 1.54) is 18.5 Å². The van der Waals surface area contributed by atoms with Crippen molar-refractivity contribution in [2.45, 2.75) is 45.6 Å². The number of carbonyl (C=O) groups is 2. The fourth-order valence-electron chi connectivity index (χ4n) is 4.01. The minimum atomic E-state index is -2.91. The molecule has 2 N–H and O–H groups in total. The Morgan fingerprint density at radius 2 is 2.09 bits per heavy atom. The average Bonchev–Trinajstić information content (AvgIpc) is 3.59. The fourth-order valence-corrected chi connectivity index (χ4v) is 4.01. The van der Waals surface area contributed by atoms with Crippen LogP contribution in [0.2, 0.25) is 0 Å². The van der Waals surface area contributed by atoms with E-state index in [0.717, 1.165) is 12.8 Å². The normalized spacial score (nSPS) is 18.3. The largest absolute Gasteiger partial charge is 0.363 e. The molecular weight excluding hydrogens is 458 g/mol. The van der Waals surface area contributed by atoms with Crippen LogP contribution in [0.5, 0.6) is 0 Å². The number of halogens is 2. The third-order valence-electron chi connectivity index (χ3n) is 6.16. The second-order valence-electron chi connectivity index (χ2n) is 8.48. The van der Waals surface area contributed by atoms with Crippen LogP contribution in [0.4, 0.5) is 31.8 Å². The van der Waals surface area contributed by atoms with Crippen LogP contribution in [-0.4, -0.2) is 43.7 Å². The van der Waals surface area contributed by atoms with Crippen molar-refractivity contribution in [1.82, 2.24) is 25.0 Å². The maximum Gasteiger partial charge on any atom is 0.348 e. The molecule has 182 valence electrons. The predicted octanol–water partition coefficient (Wildman–Crippen LogP) is 4.33. The second-order valence-corrected chi connectivity index (χ2v) is 8.48. The molecule has 12 heteroatoms. The first-order valence-electron chi connectivity index (χ1n) is 12.5. The number of hydrogen-bond donors (Lipinski definition) is 2. The van der Waals surface area contributed by atoms with Crippen molar-refractivity contribution in [3.8, 4) is 11.3 Å². The number of nitrogens with zero attached hydrogens (tertiary/aromatic N) is 6. The van der Waals surface area contributed by atoms with Crippen LogP contribution >= 0.6 is 0 Å². The number of aromatic nitrogens is 5. The van der Waals surface area contributed by atoms with Gasteiger partial charge in [-0.25, -0.2) is 9.97 Å². The summed E-state index contributed by atoms with van der Waals surface area (Å²) in [6, 6.07) is 2.64. The van der Waals surface area contributed by atoms with Crippen molar-refractivity contribution < 1.29 is 22.5 Å². The maximum atomic E-state index is 13.3. The van der Waals surface area contributed by atoms with Gasteiger partial charge in [-0.3, -0.25) is 9.59 Å². The highest BCUT2D eigenvalue weighted by Crippen LogP contribution is 2.46. The Hall–Kier alpha value is -3.96. The smallest absolute Gasteiger partial charge is 0.348 e. The minimum Gasteiger partial charge on any atom is -0.363 e. The van der Waals surface area contributed by atoms with Gasteiger partial charge in [0.1, 0.15) is 17.2 Å². The highest BCUT2D eigenvalue weighted by Gasteiger charge is 2.34. The molecule has 5 rings (SSSR count). The average molecular weight is 486 g/mol. The van der Waals surface area contributed by atoms with Crippen molar-refractivity contribution >= 4 is 34.7 Å². The van der Waals surface area contributed by atoms with Crippen molar-refractivity contribution in [1.29, 1.82) is 0 Å². The number of pyridine rings is 2. The lowest BCUT2D eigenvalue weighted by Gasteiger charge is -2.33. The number of fused-ring (bicyclic) bond motifs is 3. The van der Waals surface area contributed by atoms with E-state index in [9.17, 15) is 18.4 Å². The van der Waals surface area contributed by atoms with E-state index in [4.69, 9.17) is 4.11 Å². The van der Waals surface area contributed by atoms with Crippen molar-refractivity contribution in [3.05, 3.63) is 35.8 Å². The Kier molecular flexibility index (Phi) is 4.80. The van der Waals surface area contributed by atoms with Crippen molar-refractivity contribution in [2.75, 3.05) is 22.6 Å². The van der Waals surface area contributed by atoms with Gasteiger partial charge in [-0.1, -0.05) is 6.85 Å². The molecule has 0 radical (unpaired) electrons. The molecule has 0 spiro atoms. The number of nitrogens with one attached hydrogen (secondary N) is 2. The standard InChI is InChI=1S/C23H24F2N8O2/c1-4-16(34)14-10-27-17(29-22(35)12-5-6-12)9-15(14)28-21-20-13(7-8-26-21)19-18(11(2)32(20)3)30-33(31-19)23(24)25/h7-12,23H,4-6H2,1-3H3,(H2,26,27,28,29,35)/t11-/m1/s1/i1D3. The van der Waals surface area contributed by atoms with Gasteiger partial charge in [-0.15, -0.1) is 9.90 Å². The Labute approximate surface area is 204 Å². The molecule has 1 amide bonds. The van der Waals surface area contributed by atoms with E-state index in [1.54, 1.807) is 24.9 Å². The number of anilines is 4. The van der Waals surface area contributed by atoms with Gasteiger partial charge in [-0.05, 0) is 25.8 Å². The molecule has 0 aromatic carbocycles. The first kappa shape index (κ1) is 19.4. The van der Waals surface area contributed by atoms with E-state index >= 15 is 0 Å². The summed E-state index contributed by atoms with van der Waals surface area (Å²) in [5, 5.41) is 13.7. The molecule has 3 aromatic heterocycles. The Morgan fingerprint density at radius 3 is 2.80 bits per heavy atom. The summed E-state index contributed by atoms with van der Waals surface area (Å²) in [4.78, 5) is 35.9. The molecule has 0 saturated heterocycles. The lowest BCUT2D eigenvalue weighted by Crippen LogP contribution is -2.27. The number of Topliss-reactive ketones (excluding diaryl/α,β-unsaturated/α-hetero) is 1. The van der Waals surface area contributed by atoms with E-state index in [1.807, 2.05) is 0 Å². The third-order valence-corrected chi connectivity index (χ3v) is 6.16. The van der Waals surface area contributed by atoms with Crippen LogP contribution in [0.3, 0.4) is 0 Å². The molecule has 1 aliphatic heterocycles. The monoisotopic (exact) mass is 485 g/mol. The van der Waals surface area contributed by atoms with Gasteiger partial charge in [0.15, 0.2) is 11.6 Å². The molecular formula is C23H24F2N8O2. The van der Waals surface area contributed by atoms with Gasteiger partial charge in [-0.2, -0.15) is 13.9 Å². The van der Waals surface area contributed by atoms with E-state index in [-0.39, 0.29) is 40.4 Å². The zero-order valence-corrected chi connectivity index (χ0v) is 18.9. The van der Waals surface area contributed by atoms with Crippen LogP contribution in [-0.2, 0) is 4.79 Å². The van der Waals surface area contributed by atoms with Gasteiger partial charge in [0, 0.05) is 47.5 Å². The van der Waals surface area contributed by atoms with E-state index in [0.29, 0.717) is 21.7 Å². The second kappa shape index (κ2) is 8.67. The van der Waals surface area contributed by atoms with Crippen LogP contribution in [0.25, 0.3) is 11.3 Å². The Bertz CT molecular complexity index is 1420. The number of ketones is 1. The molecule has 2 aliphatic rings. The van der Waals surface area contributed by atoms with E-state index < -0.39 is 31.6 Å². The molecule has 1 saturated carbocycles. The number of alkyl halides is 2. The highest BCUT2D eigenvalue weighted by atomic mass is 19.3. The predicted molar refractivity (Wildman–Crippen MR) is 125 cm³/mol. The molecule has 35 heavy (non-hydrogen) atoms. The Balaban J connectivity index is 1.57. The summed E-state index contributed by atoms with van der Waals surface area (Å²) < 4.78 is 49.1. The Morgan fingerprint density at radius 1 is 1.29 bits per heavy atom. The van der Waals surface area contributed by atoms with E-state index in [2.05, 4.69) is 30.8 Å². The first-order chi connectivity index (χ1) is 17.9. The van der Waals surface area contributed by atoms with Crippen molar-refractivity contribution in [3.63, 3.8) is 0 Å².